The first-order chi connectivity index (χ1) is 15.7. The Morgan fingerprint density at radius 3 is 2.64 bits per heavy atom. The molecule has 2 aromatic heterocycles. The SMILES string of the molecule is Cc1nc2cc(N3CCOC(C45CC(F)(C4)C5)C3)nc(-c3ccc(Cl)cc3F)n2c(=O)c1C. The van der Waals surface area contributed by atoms with Crippen molar-refractivity contribution in [1.29, 1.82) is 0 Å². The molecule has 0 amide bonds. The summed E-state index contributed by atoms with van der Waals surface area (Å²) < 4.78 is 36.4. The van der Waals surface area contributed by atoms with Gasteiger partial charge in [-0.15, -0.1) is 0 Å². The summed E-state index contributed by atoms with van der Waals surface area (Å²) in [7, 11) is 0. The van der Waals surface area contributed by atoms with Gasteiger partial charge in [-0.2, -0.15) is 0 Å². The molecule has 3 heterocycles. The number of benzene rings is 1. The molecule has 1 aromatic carbocycles. The van der Waals surface area contributed by atoms with E-state index in [1.165, 1.54) is 16.5 Å². The van der Waals surface area contributed by atoms with Crippen LogP contribution in [0.1, 0.15) is 30.5 Å². The molecule has 0 N–H and O–H groups in total. The molecule has 1 saturated heterocycles. The molecule has 33 heavy (non-hydrogen) atoms. The average Bonchev–Trinajstić information content (AvgIpc) is 2.74. The molecule has 7 rings (SSSR count). The molecule has 9 heteroatoms. The Hall–Kier alpha value is -2.58. The Kier molecular flexibility index (Phi) is 4.43. The summed E-state index contributed by atoms with van der Waals surface area (Å²) >= 11 is 5.95. The molecule has 3 saturated carbocycles. The number of fused-ring (bicyclic) bond motifs is 1. The number of hydrogen-bond acceptors (Lipinski definition) is 5. The summed E-state index contributed by atoms with van der Waals surface area (Å²) in [5, 5.41) is 0.259. The van der Waals surface area contributed by atoms with E-state index in [4.69, 9.17) is 21.3 Å². The first-order valence-electron chi connectivity index (χ1n) is 11.1. The van der Waals surface area contributed by atoms with Gasteiger partial charge >= 0.3 is 0 Å². The van der Waals surface area contributed by atoms with Gasteiger partial charge < -0.3 is 9.64 Å². The zero-order valence-electron chi connectivity index (χ0n) is 18.4. The van der Waals surface area contributed by atoms with Gasteiger partial charge in [-0.05, 0) is 51.3 Å². The predicted octanol–water partition coefficient (Wildman–Crippen LogP) is 4.26. The second-order valence-corrected chi connectivity index (χ2v) is 10.2. The highest BCUT2D eigenvalue weighted by Gasteiger charge is 2.72. The fourth-order valence-electron chi connectivity index (χ4n) is 5.66. The number of nitrogens with zero attached hydrogens (tertiary/aromatic N) is 4. The quantitative estimate of drug-likeness (QED) is 0.570. The molecule has 172 valence electrons. The maximum absolute atomic E-state index is 14.9. The molecule has 1 atom stereocenters. The fraction of sp³-hybridized carbons (Fsp3) is 0.458. The first-order valence-corrected chi connectivity index (χ1v) is 11.5. The summed E-state index contributed by atoms with van der Waals surface area (Å²) in [4.78, 5) is 24.6. The van der Waals surface area contributed by atoms with Gasteiger partial charge in [0.05, 0.1) is 18.3 Å². The highest BCUT2D eigenvalue weighted by atomic mass is 35.5. The Balaban J connectivity index is 1.48. The van der Waals surface area contributed by atoms with Crippen molar-refractivity contribution >= 4 is 23.1 Å². The van der Waals surface area contributed by atoms with Gasteiger partial charge in [0, 0.05) is 40.9 Å². The number of morpholine rings is 1. The normalized spacial score (nSPS) is 28.5. The Bertz CT molecular complexity index is 1360. The second kappa shape index (κ2) is 6.96. The zero-order valence-corrected chi connectivity index (χ0v) is 19.1. The third-order valence-electron chi connectivity index (χ3n) is 7.52. The molecular formula is C24H23ClF2N4O2. The van der Waals surface area contributed by atoms with Crippen molar-refractivity contribution in [2.45, 2.75) is 44.9 Å². The van der Waals surface area contributed by atoms with Crippen LogP contribution in [0.15, 0.2) is 29.1 Å². The Morgan fingerprint density at radius 1 is 1.18 bits per heavy atom. The van der Waals surface area contributed by atoms with Gasteiger partial charge in [0.1, 0.15) is 23.0 Å². The zero-order chi connectivity index (χ0) is 23.1. The summed E-state index contributed by atoms with van der Waals surface area (Å²) in [6.07, 6.45) is 1.59. The smallest absolute Gasteiger partial charge is 0.262 e. The minimum absolute atomic E-state index is 0.0764. The Morgan fingerprint density at radius 2 is 1.94 bits per heavy atom. The number of ether oxygens (including phenoxy) is 1. The van der Waals surface area contributed by atoms with Gasteiger partial charge in [0.25, 0.3) is 5.56 Å². The van der Waals surface area contributed by atoms with Crippen molar-refractivity contribution in [1.82, 2.24) is 14.4 Å². The number of alkyl halides is 1. The molecule has 6 nitrogen and oxygen atoms in total. The van der Waals surface area contributed by atoms with Crippen LogP contribution in [0, 0.1) is 25.1 Å². The minimum Gasteiger partial charge on any atom is -0.374 e. The first kappa shape index (κ1) is 21.0. The lowest BCUT2D eigenvalue weighted by Gasteiger charge is -2.69. The minimum atomic E-state index is -0.993. The van der Waals surface area contributed by atoms with E-state index in [0.29, 0.717) is 61.7 Å². The van der Waals surface area contributed by atoms with E-state index in [1.807, 2.05) is 0 Å². The molecule has 2 bridgehead atoms. The molecule has 1 aliphatic heterocycles. The monoisotopic (exact) mass is 472 g/mol. The van der Waals surface area contributed by atoms with Crippen molar-refractivity contribution < 1.29 is 13.5 Å². The summed E-state index contributed by atoms with van der Waals surface area (Å²) in [5.41, 5.74) is 0.290. The lowest BCUT2D eigenvalue weighted by Crippen LogP contribution is -2.71. The summed E-state index contributed by atoms with van der Waals surface area (Å²) in [5.74, 6) is 0.193. The fourth-order valence-corrected chi connectivity index (χ4v) is 5.82. The van der Waals surface area contributed by atoms with Crippen LogP contribution in [0.2, 0.25) is 5.02 Å². The molecule has 4 fully saturated rings. The van der Waals surface area contributed by atoms with Gasteiger partial charge in [0.2, 0.25) is 0 Å². The van der Waals surface area contributed by atoms with E-state index in [0.717, 1.165) is 0 Å². The number of anilines is 1. The molecule has 0 spiro atoms. The van der Waals surface area contributed by atoms with Crippen LogP contribution >= 0.6 is 11.6 Å². The van der Waals surface area contributed by atoms with Crippen molar-refractivity contribution in [2.24, 2.45) is 5.41 Å². The largest absolute Gasteiger partial charge is 0.374 e. The van der Waals surface area contributed by atoms with Crippen LogP contribution in [-0.4, -0.2) is 45.8 Å². The predicted molar refractivity (Wildman–Crippen MR) is 121 cm³/mol. The van der Waals surface area contributed by atoms with Gasteiger partial charge in [0.15, 0.2) is 5.82 Å². The van der Waals surface area contributed by atoms with Crippen LogP contribution in [0.4, 0.5) is 14.6 Å². The standard InChI is InChI=1S/C24H23ClF2N4O2/c1-13-14(2)28-20-8-19(30-5-6-33-18(9-30)23-10-24(27,11-23)12-23)29-21(31(20)22(13)32)16-4-3-15(25)7-17(16)26/h3-4,7-8,18H,5-6,9-12H2,1-2H3. The van der Waals surface area contributed by atoms with Crippen molar-refractivity contribution in [3.63, 3.8) is 0 Å². The third-order valence-corrected chi connectivity index (χ3v) is 7.76. The third kappa shape index (κ3) is 3.10. The van der Waals surface area contributed by atoms with Gasteiger partial charge in [-0.3, -0.25) is 4.79 Å². The van der Waals surface area contributed by atoms with E-state index in [9.17, 15) is 13.6 Å². The van der Waals surface area contributed by atoms with Crippen molar-refractivity contribution in [2.75, 3.05) is 24.6 Å². The van der Waals surface area contributed by atoms with E-state index in [-0.39, 0.29) is 33.5 Å². The molecule has 4 aliphatic rings. The lowest BCUT2D eigenvalue weighted by atomic mass is 9.40. The number of hydrogen-bond donors (Lipinski definition) is 0. The highest BCUT2D eigenvalue weighted by Crippen LogP contribution is 2.71. The maximum atomic E-state index is 14.9. The number of halogens is 3. The Labute approximate surface area is 194 Å². The number of aryl methyl sites for hydroxylation is 1. The van der Waals surface area contributed by atoms with E-state index in [1.54, 1.807) is 26.0 Å². The highest BCUT2D eigenvalue weighted by molar-refractivity contribution is 6.30. The molecule has 0 radical (unpaired) electrons. The molecule has 3 aromatic rings. The van der Waals surface area contributed by atoms with E-state index in [2.05, 4.69) is 9.88 Å². The summed E-state index contributed by atoms with van der Waals surface area (Å²) in [6.45, 7) is 5.13. The van der Waals surface area contributed by atoms with Crippen LogP contribution in [0.3, 0.4) is 0 Å². The molecular weight excluding hydrogens is 450 g/mol. The van der Waals surface area contributed by atoms with E-state index < -0.39 is 11.5 Å². The number of aromatic nitrogens is 3. The molecule has 3 aliphatic carbocycles. The van der Waals surface area contributed by atoms with Crippen LogP contribution in [-0.2, 0) is 4.74 Å². The van der Waals surface area contributed by atoms with Crippen LogP contribution < -0.4 is 10.5 Å². The molecule has 1 unspecified atom stereocenters. The van der Waals surface area contributed by atoms with Crippen molar-refractivity contribution in [3.8, 4) is 11.4 Å². The average molecular weight is 473 g/mol. The topological polar surface area (TPSA) is 59.7 Å². The maximum Gasteiger partial charge on any atom is 0.262 e. The number of rotatable bonds is 3. The second-order valence-electron chi connectivity index (χ2n) is 9.73. The van der Waals surface area contributed by atoms with E-state index >= 15 is 0 Å². The van der Waals surface area contributed by atoms with Crippen LogP contribution in [0.25, 0.3) is 17.0 Å². The van der Waals surface area contributed by atoms with Crippen LogP contribution in [0.5, 0.6) is 0 Å². The summed E-state index contributed by atoms with van der Waals surface area (Å²) in [6, 6.07) is 6.05. The van der Waals surface area contributed by atoms with Crippen molar-refractivity contribution in [3.05, 3.63) is 56.7 Å². The lowest BCUT2D eigenvalue weighted by molar-refractivity contribution is -0.269. The van der Waals surface area contributed by atoms with Gasteiger partial charge in [-0.1, -0.05) is 11.6 Å². The van der Waals surface area contributed by atoms with Gasteiger partial charge in [-0.25, -0.2) is 23.1 Å².